The molecule has 0 aliphatic carbocycles. The van der Waals surface area contributed by atoms with Crippen molar-refractivity contribution in [3.63, 3.8) is 0 Å². The molecule has 0 aliphatic heterocycles. The molecule has 0 bridgehead atoms. The first-order chi connectivity index (χ1) is 8.49. The number of ether oxygens (including phenoxy) is 2. The van der Waals surface area contributed by atoms with Crippen molar-refractivity contribution in [2.24, 2.45) is 0 Å². The van der Waals surface area contributed by atoms with E-state index in [0.29, 0.717) is 5.75 Å². The molecular weight excluding hydrogens is 254 g/mol. The summed E-state index contributed by atoms with van der Waals surface area (Å²) < 4.78 is 10.4. The summed E-state index contributed by atoms with van der Waals surface area (Å²) in [5, 5.41) is 2.80. The Morgan fingerprint density at radius 2 is 1.83 bits per heavy atom. The third kappa shape index (κ3) is 5.38. The van der Waals surface area contributed by atoms with Crippen molar-refractivity contribution < 1.29 is 14.3 Å². The second-order valence-electron chi connectivity index (χ2n) is 4.12. The first-order valence-corrected chi connectivity index (χ1v) is 6.25. The first kappa shape index (κ1) is 14.8. The fourth-order valence-corrected chi connectivity index (χ4v) is 1.54. The lowest BCUT2D eigenvalue weighted by Gasteiger charge is -2.19. The largest absolute Gasteiger partial charge is 0.462 e. The standard InChI is InChI=1S/C13H18ClNO3/c1-9(2)17-12(16)10(3)15-13(14)18-11-7-5-4-6-8-11/h4-10,13,15H,1-3H3/t10-,13?/m0/s1. The highest BCUT2D eigenvalue weighted by atomic mass is 35.5. The van der Waals surface area contributed by atoms with Crippen molar-refractivity contribution in [1.82, 2.24) is 5.32 Å². The summed E-state index contributed by atoms with van der Waals surface area (Å²) in [6, 6.07) is 8.61. The van der Waals surface area contributed by atoms with Crippen LogP contribution in [0.3, 0.4) is 0 Å². The highest BCUT2D eigenvalue weighted by molar-refractivity contribution is 6.19. The van der Waals surface area contributed by atoms with Crippen LogP contribution in [-0.2, 0) is 9.53 Å². The van der Waals surface area contributed by atoms with E-state index >= 15 is 0 Å². The summed E-state index contributed by atoms with van der Waals surface area (Å²) in [6.07, 6.45) is -0.148. The van der Waals surface area contributed by atoms with Crippen LogP contribution in [0.4, 0.5) is 0 Å². The van der Waals surface area contributed by atoms with E-state index in [1.807, 2.05) is 18.2 Å². The summed E-state index contributed by atoms with van der Waals surface area (Å²) in [5.74, 6) is 0.279. The summed E-state index contributed by atoms with van der Waals surface area (Å²) in [4.78, 5) is 11.5. The van der Waals surface area contributed by atoms with Gasteiger partial charge in [-0.3, -0.25) is 10.1 Å². The van der Waals surface area contributed by atoms with Gasteiger partial charge in [0.15, 0.2) is 0 Å². The van der Waals surface area contributed by atoms with E-state index in [4.69, 9.17) is 21.1 Å². The highest BCUT2D eigenvalue weighted by Crippen LogP contribution is 2.12. The zero-order valence-electron chi connectivity index (χ0n) is 10.7. The van der Waals surface area contributed by atoms with Crippen molar-refractivity contribution >= 4 is 17.6 Å². The number of para-hydroxylation sites is 1. The van der Waals surface area contributed by atoms with Crippen LogP contribution in [0.2, 0.25) is 0 Å². The van der Waals surface area contributed by atoms with E-state index < -0.39 is 11.7 Å². The summed E-state index contributed by atoms with van der Waals surface area (Å²) in [6.45, 7) is 5.26. The van der Waals surface area contributed by atoms with E-state index in [-0.39, 0.29) is 12.1 Å². The number of halogens is 1. The number of nitrogens with one attached hydrogen (secondary N) is 1. The van der Waals surface area contributed by atoms with Gasteiger partial charge in [-0.1, -0.05) is 29.8 Å². The Balaban J connectivity index is 2.40. The molecular formula is C13H18ClNO3. The van der Waals surface area contributed by atoms with Crippen LogP contribution in [0.15, 0.2) is 30.3 Å². The Hall–Kier alpha value is -1.26. The van der Waals surface area contributed by atoms with E-state index in [9.17, 15) is 4.79 Å². The van der Waals surface area contributed by atoms with Gasteiger partial charge >= 0.3 is 5.97 Å². The van der Waals surface area contributed by atoms with Gasteiger partial charge in [-0.05, 0) is 32.9 Å². The van der Waals surface area contributed by atoms with E-state index in [0.717, 1.165) is 0 Å². The number of alkyl halides is 1. The number of carbonyl (C=O) groups excluding carboxylic acids is 1. The molecule has 0 saturated heterocycles. The molecule has 18 heavy (non-hydrogen) atoms. The van der Waals surface area contributed by atoms with Gasteiger partial charge in [0.1, 0.15) is 11.8 Å². The predicted molar refractivity (Wildman–Crippen MR) is 70.5 cm³/mol. The molecule has 0 heterocycles. The second kappa shape index (κ2) is 7.24. The number of rotatable bonds is 6. The predicted octanol–water partition coefficient (Wildman–Crippen LogP) is 2.52. The van der Waals surface area contributed by atoms with Crippen LogP contribution < -0.4 is 10.1 Å². The Kier molecular flexibility index (Phi) is 5.95. The van der Waals surface area contributed by atoms with Gasteiger partial charge in [0.25, 0.3) is 0 Å². The molecule has 0 amide bonds. The van der Waals surface area contributed by atoms with Gasteiger partial charge in [0, 0.05) is 0 Å². The average Bonchev–Trinajstić information content (AvgIpc) is 2.29. The SMILES string of the molecule is CC(C)OC(=O)[C@H](C)NC(Cl)Oc1ccccc1. The van der Waals surface area contributed by atoms with Crippen molar-refractivity contribution in [2.75, 3.05) is 0 Å². The molecule has 1 aromatic rings. The number of hydrogen-bond acceptors (Lipinski definition) is 4. The van der Waals surface area contributed by atoms with Gasteiger partial charge in [-0.25, -0.2) is 0 Å². The molecule has 0 spiro atoms. The lowest BCUT2D eigenvalue weighted by atomic mass is 10.3. The van der Waals surface area contributed by atoms with Crippen LogP contribution >= 0.6 is 11.6 Å². The number of esters is 1. The van der Waals surface area contributed by atoms with Crippen LogP contribution in [0.5, 0.6) is 5.75 Å². The minimum atomic E-state index is -0.790. The number of carbonyl (C=O) groups is 1. The Bertz CT molecular complexity index is 370. The highest BCUT2D eigenvalue weighted by Gasteiger charge is 2.19. The van der Waals surface area contributed by atoms with Crippen LogP contribution in [0.1, 0.15) is 20.8 Å². The minimum absolute atomic E-state index is 0.148. The van der Waals surface area contributed by atoms with Crippen molar-refractivity contribution in [1.29, 1.82) is 0 Å². The zero-order valence-corrected chi connectivity index (χ0v) is 11.5. The summed E-state index contributed by atoms with van der Waals surface area (Å²) in [7, 11) is 0. The molecule has 1 unspecified atom stereocenters. The molecule has 2 atom stereocenters. The summed E-state index contributed by atoms with van der Waals surface area (Å²) >= 11 is 5.95. The van der Waals surface area contributed by atoms with Crippen molar-refractivity contribution in [3.05, 3.63) is 30.3 Å². The van der Waals surface area contributed by atoms with Gasteiger partial charge in [-0.2, -0.15) is 0 Å². The molecule has 0 saturated carbocycles. The average molecular weight is 272 g/mol. The molecule has 100 valence electrons. The molecule has 0 fully saturated rings. The maximum absolute atomic E-state index is 11.5. The molecule has 1 N–H and O–H groups in total. The molecule has 1 rings (SSSR count). The molecule has 1 aromatic carbocycles. The van der Waals surface area contributed by atoms with Gasteiger partial charge in [-0.15, -0.1) is 0 Å². The monoisotopic (exact) mass is 271 g/mol. The zero-order chi connectivity index (χ0) is 13.5. The minimum Gasteiger partial charge on any atom is -0.462 e. The fraction of sp³-hybridized carbons (Fsp3) is 0.462. The first-order valence-electron chi connectivity index (χ1n) is 5.81. The van der Waals surface area contributed by atoms with Crippen LogP contribution in [0, 0.1) is 0 Å². The molecule has 0 aliphatic rings. The van der Waals surface area contributed by atoms with Gasteiger partial charge < -0.3 is 9.47 Å². The maximum atomic E-state index is 11.5. The third-order valence-electron chi connectivity index (χ3n) is 2.07. The third-order valence-corrected chi connectivity index (χ3v) is 2.28. The van der Waals surface area contributed by atoms with Crippen molar-refractivity contribution in [2.45, 2.75) is 38.6 Å². The fourth-order valence-electron chi connectivity index (χ4n) is 1.25. The molecule has 4 nitrogen and oxygen atoms in total. The lowest BCUT2D eigenvalue weighted by molar-refractivity contribution is -0.149. The van der Waals surface area contributed by atoms with E-state index in [2.05, 4.69) is 5.32 Å². The van der Waals surface area contributed by atoms with Crippen LogP contribution in [-0.4, -0.2) is 23.8 Å². The second-order valence-corrected chi connectivity index (χ2v) is 4.52. The van der Waals surface area contributed by atoms with E-state index in [1.54, 1.807) is 32.9 Å². The van der Waals surface area contributed by atoms with E-state index in [1.165, 1.54) is 0 Å². The number of hydrogen-bond donors (Lipinski definition) is 1. The van der Waals surface area contributed by atoms with Crippen LogP contribution in [0.25, 0.3) is 0 Å². The smallest absolute Gasteiger partial charge is 0.323 e. The van der Waals surface area contributed by atoms with Crippen molar-refractivity contribution in [3.8, 4) is 5.75 Å². The molecule has 0 radical (unpaired) electrons. The van der Waals surface area contributed by atoms with Gasteiger partial charge in [0.2, 0.25) is 5.69 Å². The molecule has 0 aromatic heterocycles. The Morgan fingerprint density at radius 3 is 2.39 bits per heavy atom. The Morgan fingerprint density at radius 1 is 1.22 bits per heavy atom. The normalized spacial score (nSPS) is 14.1. The van der Waals surface area contributed by atoms with Gasteiger partial charge in [0.05, 0.1) is 6.10 Å². The Labute approximate surface area is 112 Å². The molecule has 5 heteroatoms. The summed E-state index contributed by atoms with van der Waals surface area (Å²) in [5.41, 5.74) is -0.790. The maximum Gasteiger partial charge on any atom is 0.323 e. The quantitative estimate of drug-likeness (QED) is 0.374. The number of benzene rings is 1. The lowest BCUT2D eigenvalue weighted by Crippen LogP contribution is -2.42. The topological polar surface area (TPSA) is 47.6 Å².